The van der Waals surface area contributed by atoms with Crippen molar-refractivity contribution in [1.82, 2.24) is 10.6 Å². The number of amides is 4. The van der Waals surface area contributed by atoms with Gasteiger partial charge in [0.2, 0.25) is 0 Å². The van der Waals surface area contributed by atoms with Gasteiger partial charge >= 0.3 is 12.0 Å². The lowest BCUT2D eigenvalue weighted by Gasteiger charge is -2.10. The number of furan rings is 1. The number of para-hydroxylation sites is 1. The van der Waals surface area contributed by atoms with E-state index in [0.29, 0.717) is 0 Å². The topological polar surface area (TPSA) is 127 Å². The molecule has 0 saturated carbocycles. The van der Waals surface area contributed by atoms with E-state index in [-0.39, 0.29) is 17.0 Å². The van der Waals surface area contributed by atoms with Crippen molar-refractivity contribution in [2.45, 2.75) is 0 Å². The zero-order valence-corrected chi connectivity index (χ0v) is 13.2. The lowest BCUT2D eigenvalue weighted by molar-refractivity contribution is -0.123. The Labute approximate surface area is 142 Å². The Bertz CT molecular complexity index is 785. The maximum Gasteiger partial charge on any atom is 0.340 e. The molecule has 1 heterocycles. The third-order valence-electron chi connectivity index (χ3n) is 2.95. The van der Waals surface area contributed by atoms with Crippen LogP contribution in [0, 0.1) is 0 Å². The lowest BCUT2D eigenvalue weighted by atomic mass is 10.1. The number of anilines is 1. The van der Waals surface area contributed by atoms with Crippen molar-refractivity contribution in [3.05, 3.63) is 54.0 Å². The van der Waals surface area contributed by atoms with Gasteiger partial charge < -0.3 is 19.8 Å². The van der Waals surface area contributed by atoms with Crippen molar-refractivity contribution in [1.29, 1.82) is 0 Å². The van der Waals surface area contributed by atoms with Crippen molar-refractivity contribution < 1.29 is 28.3 Å². The van der Waals surface area contributed by atoms with Crippen LogP contribution >= 0.6 is 0 Å². The first kappa shape index (κ1) is 17.7. The average molecular weight is 345 g/mol. The number of hydrogen-bond donors (Lipinski definition) is 3. The summed E-state index contributed by atoms with van der Waals surface area (Å²) in [7, 11) is 1.34. The van der Waals surface area contributed by atoms with E-state index in [1.54, 1.807) is 18.2 Å². The van der Waals surface area contributed by atoms with Crippen LogP contribution in [-0.4, -0.2) is 37.5 Å². The SMILES string of the molecule is CNC(=O)NC(=O)COC(=O)c1ccccc1NC(=O)c1ccco1. The van der Waals surface area contributed by atoms with Gasteiger partial charge in [0.1, 0.15) is 0 Å². The van der Waals surface area contributed by atoms with Gasteiger partial charge in [0.15, 0.2) is 12.4 Å². The fraction of sp³-hybridized carbons (Fsp3) is 0.125. The minimum Gasteiger partial charge on any atom is -0.459 e. The lowest BCUT2D eigenvalue weighted by Crippen LogP contribution is -2.39. The molecule has 130 valence electrons. The van der Waals surface area contributed by atoms with Crippen LogP contribution in [0.4, 0.5) is 10.5 Å². The number of ether oxygens (including phenoxy) is 1. The Morgan fingerprint density at radius 1 is 1.08 bits per heavy atom. The molecule has 4 amide bonds. The molecule has 0 spiro atoms. The molecule has 0 aliphatic heterocycles. The maximum absolute atomic E-state index is 12.1. The number of rotatable bonds is 5. The normalized spacial score (nSPS) is 9.80. The molecule has 2 rings (SSSR count). The zero-order valence-electron chi connectivity index (χ0n) is 13.2. The Morgan fingerprint density at radius 3 is 2.52 bits per heavy atom. The highest BCUT2D eigenvalue weighted by Crippen LogP contribution is 2.17. The summed E-state index contributed by atoms with van der Waals surface area (Å²) in [5, 5.41) is 6.67. The van der Waals surface area contributed by atoms with Crippen molar-refractivity contribution in [2.24, 2.45) is 0 Å². The molecular formula is C16H15N3O6. The molecule has 9 heteroatoms. The second-order valence-corrected chi connectivity index (χ2v) is 4.68. The van der Waals surface area contributed by atoms with Gasteiger partial charge in [-0.1, -0.05) is 12.1 Å². The number of carbonyl (C=O) groups excluding carboxylic acids is 4. The predicted octanol–water partition coefficient (Wildman–Crippen LogP) is 1.14. The maximum atomic E-state index is 12.1. The first-order valence-electron chi connectivity index (χ1n) is 7.14. The van der Waals surface area contributed by atoms with E-state index in [4.69, 9.17) is 9.15 Å². The predicted molar refractivity (Wildman–Crippen MR) is 86.0 cm³/mol. The fourth-order valence-electron chi connectivity index (χ4n) is 1.80. The zero-order chi connectivity index (χ0) is 18.2. The molecule has 0 bridgehead atoms. The van der Waals surface area contributed by atoms with Crippen LogP contribution in [0.15, 0.2) is 47.1 Å². The molecule has 2 aromatic rings. The molecule has 1 aromatic carbocycles. The summed E-state index contributed by atoms with van der Waals surface area (Å²) in [6.45, 7) is -0.646. The minimum atomic E-state index is -0.831. The summed E-state index contributed by atoms with van der Waals surface area (Å²) >= 11 is 0. The van der Waals surface area contributed by atoms with Crippen LogP contribution in [0.2, 0.25) is 0 Å². The first-order valence-corrected chi connectivity index (χ1v) is 7.14. The van der Waals surface area contributed by atoms with E-state index in [9.17, 15) is 19.2 Å². The van der Waals surface area contributed by atoms with Gasteiger partial charge in [0.05, 0.1) is 17.5 Å². The highest BCUT2D eigenvalue weighted by atomic mass is 16.5. The van der Waals surface area contributed by atoms with Crippen LogP contribution in [0.1, 0.15) is 20.9 Å². The summed E-state index contributed by atoms with van der Waals surface area (Å²) in [6.07, 6.45) is 1.35. The van der Waals surface area contributed by atoms with Crippen LogP contribution in [0.25, 0.3) is 0 Å². The molecule has 0 atom stereocenters. The molecule has 0 unspecified atom stereocenters. The summed E-state index contributed by atoms with van der Waals surface area (Å²) in [6, 6.07) is 8.43. The molecule has 0 aliphatic carbocycles. The Morgan fingerprint density at radius 2 is 1.84 bits per heavy atom. The third-order valence-corrected chi connectivity index (χ3v) is 2.95. The van der Waals surface area contributed by atoms with E-state index in [0.717, 1.165) is 0 Å². The number of carbonyl (C=O) groups is 4. The van der Waals surface area contributed by atoms with E-state index < -0.39 is 30.4 Å². The van der Waals surface area contributed by atoms with Gasteiger partial charge in [0, 0.05) is 7.05 Å². The number of esters is 1. The highest BCUT2D eigenvalue weighted by Gasteiger charge is 2.17. The Kier molecular flexibility index (Phi) is 5.88. The molecule has 0 saturated heterocycles. The number of benzene rings is 1. The van der Waals surface area contributed by atoms with Gasteiger partial charge in [-0.05, 0) is 24.3 Å². The second kappa shape index (κ2) is 8.29. The van der Waals surface area contributed by atoms with Gasteiger partial charge in [-0.15, -0.1) is 0 Å². The summed E-state index contributed by atoms with van der Waals surface area (Å²) in [5.41, 5.74) is 0.246. The standard InChI is InChI=1S/C16H15N3O6/c1-17-16(23)19-13(20)9-25-15(22)10-5-2-3-6-11(10)18-14(21)12-7-4-8-24-12/h2-8H,9H2,1H3,(H,18,21)(H2,17,19,20,23). The smallest absolute Gasteiger partial charge is 0.340 e. The molecule has 25 heavy (non-hydrogen) atoms. The van der Waals surface area contributed by atoms with Crippen molar-refractivity contribution in [3.8, 4) is 0 Å². The number of urea groups is 1. The summed E-state index contributed by atoms with van der Waals surface area (Å²) in [5.74, 6) is -2.08. The summed E-state index contributed by atoms with van der Waals surface area (Å²) < 4.78 is 9.82. The van der Waals surface area contributed by atoms with Gasteiger partial charge in [-0.2, -0.15) is 0 Å². The minimum absolute atomic E-state index is 0.0511. The fourth-order valence-corrected chi connectivity index (χ4v) is 1.80. The van der Waals surface area contributed by atoms with E-state index in [2.05, 4.69) is 10.6 Å². The quantitative estimate of drug-likeness (QED) is 0.698. The number of imide groups is 1. The highest BCUT2D eigenvalue weighted by molar-refractivity contribution is 6.07. The van der Waals surface area contributed by atoms with E-state index in [1.807, 2.05) is 5.32 Å². The van der Waals surface area contributed by atoms with Crippen LogP contribution in [0.5, 0.6) is 0 Å². The molecule has 0 radical (unpaired) electrons. The van der Waals surface area contributed by atoms with Gasteiger partial charge in [-0.25, -0.2) is 9.59 Å². The monoisotopic (exact) mass is 345 g/mol. The summed E-state index contributed by atoms with van der Waals surface area (Å²) in [4.78, 5) is 46.5. The largest absolute Gasteiger partial charge is 0.459 e. The van der Waals surface area contributed by atoms with Crippen molar-refractivity contribution >= 4 is 29.5 Å². The van der Waals surface area contributed by atoms with E-state index >= 15 is 0 Å². The average Bonchev–Trinajstić information content (AvgIpc) is 3.14. The molecule has 0 fully saturated rings. The van der Waals surface area contributed by atoms with Crippen LogP contribution in [0.3, 0.4) is 0 Å². The van der Waals surface area contributed by atoms with Crippen molar-refractivity contribution in [2.75, 3.05) is 19.0 Å². The Hall–Kier alpha value is -3.62. The molecule has 3 N–H and O–H groups in total. The first-order chi connectivity index (χ1) is 12.0. The van der Waals surface area contributed by atoms with Gasteiger partial charge in [-0.3, -0.25) is 14.9 Å². The second-order valence-electron chi connectivity index (χ2n) is 4.68. The van der Waals surface area contributed by atoms with Crippen LogP contribution in [-0.2, 0) is 9.53 Å². The molecule has 1 aromatic heterocycles. The number of nitrogens with one attached hydrogen (secondary N) is 3. The molecular weight excluding hydrogens is 330 g/mol. The molecule has 0 aliphatic rings. The van der Waals surface area contributed by atoms with Crippen molar-refractivity contribution in [3.63, 3.8) is 0 Å². The van der Waals surface area contributed by atoms with E-state index in [1.165, 1.54) is 31.5 Å². The van der Waals surface area contributed by atoms with Gasteiger partial charge in [0.25, 0.3) is 11.8 Å². The van der Waals surface area contributed by atoms with Crippen LogP contribution < -0.4 is 16.0 Å². The third kappa shape index (κ3) is 4.93. The number of hydrogen-bond acceptors (Lipinski definition) is 6. The Balaban J connectivity index is 2.01. The molecule has 9 nitrogen and oxygen atoms in total.